The zero-order valence-corrected chi connectivity index (χ0v) is 12.9. The summed E-state index contributed by atoms with van der Waals surface area (Å²) in [5.41, 5.74) is 5.25. The molecule has 2 heteroatoms. The SMILES string of the molecule is CCC(NC)c1ccc(-c2ccc3c(c2)CCCO3)cc1. The summed E-state index contributed by atoms with van der Waals surface area (Å²) in [5.74, 6) is 1.06. The van der Waals surface area contributed by atoms with Gasteiger partial charge in [-0.25, -0.2) is 0 Å². The summed E-state index contributed by atoms with van der Waals surface area (Å²) < 4.78 is 5.69. The second-order valence-electron chi connectivity index (χ2n) is 5.65. The molecule has 0 amide bonds. The summed E-state index contributed by atoms with van der Waals surface area (Å²) in [6.45, 7) is 3.06. The van der Waals surface area contributed by atoms with Crippen LogP contribution in [0.25, 0.3) is 11.1 Å². The zero-order valence-electron chi connectivity index (χ0n) is 12.9. The molecule has 1 aliphatic heterocycles. The molecule has 3 rings (SSSR count). The highest BCUT2D eigenvalue weighted by atomic mass is 16.5. The molecule has 1 aliphatic rings. The van der Waals surface area contributed by atoms with E-state index in [1.54, 1.807) is 0 Å². The number of nitrogens with one attached hydrogen (secondary N) is 1. The van der Waals surface area contributed by atoms with Crippen molar-refractivity contribution >= 4 is 0 Å². The maximum Gasteiger partial charge on any atom is 0.122 e. The fourth-order valence-corrected chi connectivity index (χ4v) is 3.05. The molecular weight excluding hydrogens is 258 g/mol. The van der Waals surface area contributed by atoms with E-state index in [4.69, 9.17) is 4.74 Å². The summed E-state index contributed by atoms with van der Waals surface area (Å²) in [6, 6.07) is 15.9. The van der Waals surface area contributed by atoms with Crippen LogP contribution in [0.5, 0.6) is 5.75 Å². The Morgan fingerprint density at radius 1 is 1.10 bits per heavy atom. The van der Waals surface area contributed by atoms with E-state index < -0.39 is 0 Å². The van der Waals surface area contributed by atoms with Crippen LogP contribution in [0.4, 0.5) is 0 Å². The van der Waals surface area contributed by atoms with Crippen molar-refractivity contribution in [2.24, 2.45) is 0 Å². The lowest BCUT2D eigenvalue weighted by molar-refractivity contribution is 0.288. The highest BCUT2D eigenvalue weighted by Crippen LogP contribution is 2.30. The molecule has 1 unspecified atom stereocenters. The molecule has 0 bridgehead atoms. The number of hydrogen-bond donors (Lipinski definition) is 1. The number of benzene rings is 2. The van der Waals surface area contributed by atoms with Crippen LogP contribution in [0, 0.1) is 0 Å². The number of ether oxygens (including phenoxy) is 1. The summed E-state index contributed by atoms with van der Waals surface area (Å²) >= 11 is 0. The van der Waals surface area contributed by atoms with E-state index in [0.717, 1.165) is 31.6 Å². The van der Waals surface area contributed by atoms with Gasteiger partial charge < -0.3 is 10.1 Å². The van der Waals surface area contributed by atoms with Crippen LogP contribution in [-0.2, 0) is 6.42 Å². The molecule has 1 N–H and O–H groups in total. The monoisotopic (exact) mass is 281 g/mol. The lowest BCUT2D eigenvalue weighted by Crippen LogP contribution is -2.14. The van der Waals surface area contributed by atoms with Gasteiger partial charge in [0.15, 0.2) is 0 Å². The van der Waals surface area contributed by atoms with E-state index in [1.807, 2.05) is 7.05 Å². The van der Waals surface area contributed by atoms with Gasteiger partial charge in [0.05, 0.1) is 6.61 Å². The van der Waals surface area contributed by atoms with Gasteiger partial charge in [-0.05, 0) is 60.7 Å². The van der Waals surface area contributed by atoms with Crippen molar-refractivity contribution in [1.82, 2.24) is 5.32 Å². The number of hydrogen-bond acceptors (Lipinski definition) is 2. The van der Waals surface area contributed by atoms with Crippen molar-refractivity contribution in [3.05, 3.63) is 53.6 Å². The quantitative estimate of drug-likeness (QED) is 0.899. The number of fused-ring (bicyclic) bond motifs is 1. The van der Waals surface area contributed by atoms with Gasteiger partial charge in [-0.2, -0.15) is 0 Å². The first-order valence-electron chi connectivity index (χ1n) is 7.85. The Balaban J connectivity index is 1.87. The molecule has 2 aromatic rings. The first-order valence-corrected chi connectivity index (χ1v) is 7.85. The standard InChI is InChI=1S/C19H23NO/c1-3-18(20-2)15-8-6-14(7-9-15)16-10-11-19-17(13-16)5-4-12-21-19/h6-11,13,18,20H,3-5,12H2,1-2H3. The van der Waals surface area contributed by atoms with Crippen LogP contribution in [-0.4, -0.2) is 13.7 Å². The maximum atomic E-state index is 5.69. The third-order valence-corrected chi connectivity index (χ3v) is 4.31. The maximum absolute atomic E-state index is 5.69. The molecule has 2 aromatic carbocycles. The Kier molecular flexibility index (Phi) is 4.26. The first kappa shape index (κ1) is 14.2. The topological polar surface area (TPSA) is 21.3 Å². The Hall–Kier alpha value is -1.80. The van der Waals surface area contributed by atoms with Gasteiger partial charge >= 0.3 is 0 Å². The van der Waals surface area contributed by atoms with Crippen molar-refractivity contribution in [3.8, 4) is 16.9 Å². The van der Waals surface area contributed by atoms with Crippen LogP contribution in [0.3, 0.4) is 0 Å². The minimum atomic E-state index is 0.441. The predicted molar refractivity (Wildman–Crippen MR) is 87.8 cm³/mol. The molecule has 0 spiro atoms. The van der Waals surface area contributed by atoms with E-state index in [2.05, 4.69) is 54.7 Å². The molecule has 2 nitrogen and oxygen atoms in total. The zero-order chi connectivity index (χ0) is 14.7. The third kappa shape index (κ3) is 2.96. The molecule has 0 saturated carbocycles. The minimum absolute atomic E-state index is 0.441. The minimum Gasteiger partial charge on any atom is -0.493 e. The molecule has 0 saturated heterocycles. The predicted octanol–water partition coefficient (Wildman–Crippen LogP) is 4.35. The normalized spacial score (nSPS) is 15.1. The van der Waals surface area contributed by atoms with Crippen LogP contribution in [0.15, 0.2) is 42.5 Å². The fourth-order valence-electron chi connectivity index (χ4n) is 3.05. The van der Waals surface area contributed by atoms with Crippen LogP contribution in [0.2, 0.25) is 0 Å². The molecule has 1 heterocycles. The molecular formula is C19H23NO. The Bertz CT molecular complexity index is 599. The van der Waals surface area contributed by atoms with Crippen molar-refractivity contribution < 1.29 is 4.74 Å². The first-order chi connectivity index (χ1) is 10.3. The van der Waals surface area contributed by atoms with Crippen molar-refractivity contribution in [3.63, 3.8) is 0 Å². The largest absolute Gasteiger partial charge is 0.493 e. The second kappa shape index (κ2) is 6.31. The van der Waals surface area contributed by atoms with E-state index >= 15 is 0 Å². The average Bonchev–Trinajstić information content (AvgIpc) is 2.56. The molecule has 0 aromatic heterocycles. The molecule has 0 radical (unpaired) electrons. The van der Waals surface area contributed by atoms with Gasteiger partial charge in [-0.15, -0.1) is 0 Å². The fraction of sp³-hybridized carbons (Fsp3) is 0.368. The second-order valence-corrected chi connectivity index (χ2v) is 5.65. The average molecular weight is 281 g/mol. The van der Waals surface area contributed by atoms with E-state index in [9.17, 15) is 0 Å². The van der Waals surface area contributed by atoms with E-state index in [0.29, 0.717) is 6.04 Å². The van der Waals surface area contributed by atoms with Crippen molar-refractivity contribution in [1.29, 1.82) is 0 Å². The van der Waals surface area contributed by atoms with Crippen molar-refractivity contribution in [2.75, 3.05) is 13.7 Å². The third-order valence-electron chi connectivity index (χ3n) is 4.31. The smallest absolute Gasteiger partial charge is 0.122 e. The Morgan fingerprint density at radius 2 is 1.86 bits per heavy atom. The van der Waals surface area contributed by atoms with Gasteiger partial charge in [0, 0.05) is 6.04 Å². The van der Waals surface area contributed by atoms with Gasteiger partial charge in [0.2, 0.25) is 0 Å². The highest BCUT2D eigenvalue weighted by molar-refractivity contribution is 5.66. The van der Waals surface area contributed by atoms with Crippen LogP contribution < -0.4 is 10.1 Å². The van der Waals surface area contributed by atoms with Gasteiger partial charge in [0.1, 0.15) is 5.75 Å². The molecule has 0 fully saturated rings. The Labute approximate surface area is 127 Å². The van der Waals surface area contributed by atoms with Gasteiger partial charge in [-0.3, -0.25) is 0 Å². The lowest BCUT2D eigenvalue weighted by Gasteiger charge is -2.18. The van der Waals surface area contributed by atoms with Crippen LogP contribution >= 0.6 is 0 Å². The highest BCUT2D eigenvalue weighted by Gasteiger charge is 2.11. The summed E-state index contributed by atoms with van der Waals surface area (Å²) in [5, 5.41) is 3.35. The molecule has 0 aliphatic carbocycles. The lowest BCUT2D eigenvalue weighted by atomic mass is 9.96. The Morgan fingerprint density at radius 3 is 2.57 bits per heavy atom. The van der Waals surface area contributed by atoms with E-state index in [-0.39, 0.29) is 0 Å². The van der Waals surface area contributed by atoms with Gasteiger partial charge in [0.25, 0.3) is 0 Å². The summed E-state index contributed by atoms with van der Waals surface area (Å²) in [7, 11) is 2.02. The summed E-state index contributed by atoms with van der Waals surface area (Å²) in [4.78, 5) is 0. The number of rotatable bonds is 4. The summed E-state index contributed by atoms with van der Waals surface area (Å²) in [6.07, 6.45) is 3.35. The number of aryl methyl sites for hydroxylation is 1. The van der Waals surface area contributed by atoms with Crippen molar-refractivity contribution in [2.45, 2.75) is 32.2 Å². The molecule has 21 heavy (non-hydrogen) atoms. The molecule has 110 valence electrons. The van der Waals surface area contributed by atoms with Crippen LogP contribution in [0.1, 0.15) is 36.9 Å². The van der Waals surface area contributed by atoms with Gasteiger partial charge in [-0.1, -0.05) is 37.3 Å². The molecule has 1 atom stereocenters. The van der Waals surface area contributed by atoms with E-state index in [1.165, 1.54) is 22.3 Å².